The molecule has 0 aliphatic heterocycles. The Morgan fingerprint density at radius 1 is 1.38 bits per heavy atom. The lowest BCUT2D eigenvalue weighted by molar-refractivity contribution is 1.02. The average molecular weight is 243 g/mol. The predicted molar refractivity (Wildman–Crippen MR) is 65.0 cm³/mol. The van der Waals surface area contributed by atoms with Crippen LogP contribution in [0.2, 0.25) is 0 Å². The van der Waals surface area contributed by atoms with Crippen LogP contribution in [0.25, 0.3) is 0 Å². The van der Waals surface area contributed by atoms with Gasteiger partial charge in [-0.05, 0) is 36.8 Å². The van der Waals surface area contributed by atoms with Crippen molar-refractivity contribution in [1.82, 2.24) is 0 Å². The summed E-state index contributed by atoms with van der Waals surface area (Å²) in [5.41, 5.74) is 2.53. The van der Waals surface area contributed by atoms with Crippen molar-refractivity contribution in [2.24, 2.45) is 5.92 Å². The summed E-state index contributed by atoms with van der Waals surface area (Å²) < 4.78 is 1.08. The van der Waals surface area contributed by atoms with E-state index >= 15 is 0 Å². The van der Waals surface area contributed by atoms with Crippen molar-refractivity contribution in [2.75, 3.05) is 0 Å². The van der Waals surface area contributed by atoms with Crippen molar-refractivity contribution in [1.29, 1.82) is 0 Å². The van der Waals surface area contributed by atoms with E-state index in [2.05, 4.69) is 36.0 Å². The summed E-state index contributed by atoms with van der Waals surface area (Å²) in [6, 6.07) is 0. The van der Waals surface area contributed by atoms with E-state index in [0.29, 0.717) is 0 Å². The van der Waals surface area contributed by atoms with Crippen LogP contribution < -0.4 is 0 Å². The molecule has 1 fully saturated rings. The van der Waals surface area contributed by atoms with Crippen LogP contribution in [-0.2, 0) is 0 Å². The van der Waals surface area contributed by atoms with Gasteiger partial charge in [-0.2, -0.15) is 0 Å². The molecule has 13 heavy (non-hydrogen) atoms. The fraction of sp³-hybridized carbons (Fsp3) is 0.500. The standard InChI is InChI=1S/C10H13Br.C2H6/c1-4-10(11)8(3)7(2)9-5-6-9;1-2/h4,9H,1-2,5-6H2,3H3;1-2H3/b10-8+;. The van der Waals surface area contributed by atoms with Gasteiger partial charge in [0.25, 0.3) is 0 Å². The number of hydrogen-bond donors (Lipinski definition) is 0. The molecule has 1 aliphatic carbocycles. The van der Waals surface area contributed by atoms with Crippen molar-refractivity contribution in [2.45, 2.75) is 33.6 Å². The topological polar surface area (TPSA) is 0 Å². The second-order valence-corrected chi connectivity index (χ2v) is 3.83. The second kappa shape index (κ2) is 6.20. The smallest absolute Gasteiger partial charge is 0.0201 e. The van der Waals surface area contributed by atoms with E-state index in [1.54, 1.807) is 0 Å². The number of halogens is 1. The highest BCUT2D eigenvalue weighted by molar-refractivity contribution is 9.11. The Morgan fingerprint density at radius 2 is 1.85 bits per heavy atom. The van der Waals surface area contributed by atoms with Crippen LogP contribution in [0.1, 0.15) is 33.6 Å². The van der Waals surface area contributed by atoms with Crippen molar-refractivity contribution in [3.05, 3.63) is 34.9 Å². The minimum atomic E-state index is 0.752. The first-order valence-electron chi connectivity index (χ1n) is 4.84. The number of hydrogen-bond acceptors (Lipinski definition) is 0. The molecular formula is C12H19Br. The number of rotatable bonds is 3. The zero-order valence-electron chi connectivity index (χ0n) is 8.86. The molecule has 0 unspecified atom stereocenters. The largest absolute Gasteiger partial charge is 0.0979 e. The van der Waals surface area contributed by atoms with Gasteiger partial charge in [0.1, 0.15) is 0 Å². The lowest BCUT2D eigenvalue weighted by Crippen LogP contribution is -1.86. The van der Waals surface area contributed by atoms with Gasteiger partial charge in [-0.1, -0.05) is 49.0 Å². The molecule has 0 spiro atoms. The molecule has 0 amide bonds. The normalized spacial score (nSPS) is 16.6. The predicted octanol–water partition coefficient (Wildman–Crippen LogP) is 4.83. The molecule has 1 aliphatic rings. The fourth-order valence-corrected chi connectivity index (χ4v) is 1.30. The highest BCUT2D eigenvalue weighted by Gasteiger charge is 2.25. The molecule has 0 aromatic rings. The monoisotopic (exact) mass is 242 g/mol. The van der Waals surface area contributed by atoms with Gasteiger partial charge in [0.15, 0.2) is 0 Å². The molecule has 0 saturated heterocycles. The third-order valence-electron chi connectivity index (χ3n) is 2.09. The van der Waals surface area contributed by atoms with E-state index in [1.165, 1.54) is 24.0 Å². The lowest BCUT2D eigenvalue weighted by atomic mass is 10.1. The molecule has 0 heterocycles. The zero-order chi connectivity index (χ0) is 10.4. The number of allylic oxidation sites excluding steroid dienone is 4. The summed E-state index contributed by atoms with van der Waals surface area (Å²) in [5, 5.41) is 0. The average Bonchev–Trinajstić information content (AvgIpc) is 3.01. The fourth-order valence-electron chi connectivity index (χ4n) is 1.04. The highest BCUT2D eigenvalue weighted by Crippen LogP contribution is 2.40. The van der Waals surface area contributed by atoms with Gasteiger partial charge < -0.3 is 0 Å². The van der Waals surface area contributed by atoms with E-state index in [9.17, 15) is 0 Å². The molecule has 1 heteroatoms. The maximum atomic E-state index is 4.05. The van der Waals surface area contributed by atoms with Crippen LogP contribution in [0.4, 0.5) is 0 Å². The van der Waals surface area contributed by atoms with Crippen LogP contribution >= 0.6 is 15.9 Å². The summed E-state index contributed by atoms with van der Waals surface area (Å²) >= 11 is 3.44. The van der Waals surface area contributed by atoms with E-state index < -0.39 is 0 Å². The van der Waals surface area contributed by atoms with E-state index in [1.807, 2.05) is 19.9 Å². The first-order chi connectivity index (χ1) is 6.16. The molecule has 1 saturated carbocycles. The Bertz CT molecular complexity index is 219. The first kappa shape index (κ1) is 12.7. The van der Waals surface area contributed by atoms with Crippen molar-refractivity contribution < 1.29 is 0 Å². The molecule has 0 radical (unpaired) electrons. The van der Waals surface area contributed by atoms with Crippen LogP contribution in [-0.4, -0.2) is 0 Å². The quantitative estimate of drug-likeness (QED) is 0.622. The van der Waals surface area contributed by atoms with Crippen LogP contribution in [0.5, 0.6) is 0 Å². The Labute approximate surface area is 90.6 Å². The van der Waals surface area contributed by atoms with E-state index in [0.717, 1.165) is 10.4 Å². The molecule has 0 atom stereocenters. The third-order valence-corrected chi connectivity index (χ3v) is 3.01. The molecule has 0 aromatic heterocycles. The minimum absolute atomic E-state index is 0.752. The van der Waals surface area contributed by atoms with Crippen LogP contribution in [0.3, 0.4) is 0 Å². The molecule has 0 nitrogen and oxygen atoms in total. The molecule has 0 N–H and O–H groups in total. The summed E-state index contributed by atoms with van der Waals surface area (Å²) in [6.45, 7) is 13.8. The van der Waals surface area contributed by atoms with Gasteiger partial charge in [0, 0.05) is 4.48 Å². The van der Waals surface area contributed by atoms with Crippen molar-refractivity contribution >= 4 is 15.9 Å². The summed E-state index contributed by atoms with van der Waals surface area (Å²) in [5.74, 6) is 0.752. The lowest BCUT2D eigenvalue weighted by Gasteiger charge is -2.04. The van der Waals surface area contributed by atoms with Gasteiger partial charge in [0.2, 0.25) is 0 Å². The highest BCUT2D eigenvalue weighted by atomic mass is 79.9. The second-order valence-electron chi connectivity index (χ2n) is 2.98. The Hall–Kier alpha value is -0.300. The molecule has 0 bridgehead atoms. The SMILES string of the molecule is C=C/C(Br)=C(/C)C(=C)C1CC1.CC. The molecular weight excluding hydrogens is 224 g/mol. The molecule has 1 rings (SSSR count). The maximum Gasteiger partial charge on any atom is 0.0201 e. The first-order valence-corrected chi connectivity index (χ1v) is 5.64. The van der Waals surface area contributed by atoms with Crippen LogP contribution in [0, 0.1) is 5.92 Å². The third kappa shape index (κ3) is 3.95. The summed E-state index contributed by atoms with van der Waals surface area (Å²) in [4.78, 5) is 0. The van der Waals surface area contributed by atoms with Crippen molar-refractivity contribution in [3.8, 4) is 0 Å². The van der Waals surface area contributed by atoms with Gasteiger partial charge in [0.05, 0.1) is 0 Å². The van der Waals surface area contributed by atoms with Gasteiger partial charge in [-0.25, -0.2) is 0 Å². The summed E-state index contributed by atoms with van der Waals surface area (Å²) in [7, 11) is 0. The maximum absolute atomic E-state index is 4.05. The van der Waals surface area contributed by atoms with E-state index in [-0.39, 0.29) is 0 Å². The van der Waals surface area contributed by atoms with Gasteiger partial charge >= 0.3 is 0 Å². The van der Waals surface area contributed by atoms with Gasteiger partial charge in [-0.3, -0.25) is 0 Å². The van der Waals surface area contributed by atoms with E-state index in [4.69, 9.17) is 0 Å². The van der Waals surface area contributed by atoms with Gasteiger partial charge in [-0.15, -0.1) is 0 Å². The zero-order valence-corrected chi connectivity index (χ0v) is 10.4. The summed E-state index contributed by atoms with van der Waals surface area (Å²) in [6.07, 6.45) is 4.45. The Morgan fingerprint density at radius 3 is 2.15 bits per heavy atom. The Kier molecular flexibility index (Phi) is 6.06. The van der Waals surface area contributed by atoms with Crippen molar-refractivity contribution in [3.63, 3.8) is 0 Å². The molecule has 0 aromatic carbocycles. The van der Waals surface area contributed by atoms with Crippen LogP contribution in [0.15, 0.2) is 34.9 Å². The minimum Gasteiger partial charge on any atom is -0.0979 e. The molecule has 74 valence electrons. The Balaban J connectivity index is 0.000000671.